The van der Waals surface area contributed by atoms with E-state index < -0.39 is 47.5 Å². The van der Waals surface area contributed by atoms with E-state index >= 15 is 4.39 Å². The van der Waals surface area contributed by atoms with E-state index in [0.717, 1.165) is 23.3 Å². The number of rotatable bonds is 10. The molecular formula is C34H37F2N3O5. The maximum absolute atomic E-state index is 15.5. The minimum atomic E-state index is -1.52. The van der Waals surface area contributed by atoms with Crippen LogP contribution in [-0.2, 0) is 33.8 Å². The lowest BCUT2D eigenvalue weighted by Gasteiger charge is -2.44. The zero-order valence-corrected chi connectivity index (χ0v) is 25.2. The minimum Gasteiger partial charge on any atom is -0.493 e. The highest BCUT2D eigenvalue weighted by atomic mass is 19.1. The standard InChI is InChI=1S/C34H37F2N3O5/c1-19(2)13-27-32(40)38-30(23-15-21-7-5-6-8-22(21)16-23)34(42)39(27)31(25-11-10-24(35)17-26(25)36)33(41)37-18-20-9-12-28(43-3)29(14-20)44-4/h5-12,14,17,19,23,27,30-31H,13,15-16,18H2,1-4H3,(H,37,41)(H,38,40)/t27-,30-,31+/m1/s1. The van der Waals surface area contributed by atoms with Gasteiger partial charge in [0.25, 0.3) is 0 Å². The van der Waals surface area contributed by atoms with Crippen molar-refractivity contribution in [2.45, 2.75) is 57.8 Å². The number of carbonyl (C=O) groups is 3. The lowest BCUT2D eigenvalue weighted by Crippen LogP contribution is -2.67. The minimum absolute atomic E-state index is 0.0168. The first-order chi connectivity index (χ1) is 21.1. The van der Waals surface area contributed by atoms with Crippen LogP contribution in [0.15, 0.2) is 60.7 Å². The summed E-state index contributed by atoms with van der Waals surface area (Å²) in [6.45, 7) is 3.82. The van der Waals surface area contributed by atoms with Crippen molar-refractivity contribution in [2.24, 2.45) is 11.8 Å². The topological polar surface area (TPSA) is 97.0 Å². The molecule has 10 heteroatoms. The first-order valence-electron chi connectivity index (χ1n) is 14.7. The Morgan fingerprint density at radius 3 is 2.27 bits per heavy atom. The monoisotopic (exact) mass is 605 g/mol. The molecule has 0 saturated carbocycles. The lowest BCUT2D eigenvalue weighted by atomic mass is 9.87. The molecule has 1 heterocycles. The average molecular weight is 606 g/mol. The molecule has 0 radical (unpaired) electrons. The maximum atomic E-state index is 15.5. The highest BCUT2D eigenvalue weighted by Gasteiger charge is 2.50. The van der Waals surface area contributed by atoms with Crippen LogP contribution in [0.4, 0.5) is 8.78 Å². The van der Waals surface area contributed by atoms with E-state index in [0.29, 0.717) is 36.0 Å². The van der Waals surface area contributed by atoms with Crippen molar-refractivity contribution in [3.8, 4) is 11.5 Å². The zero-order chi connectivity index (χ0) is 31.5. The molecule has 0 bridgehead atoms. The molecule has 3 atom stereocenters. The highest BCUT2D eigenvalue weighted by Crippen LogP contribution is 2.36. The third-order valence-electron chi connectivity index (χ3n) is 8.40. The van der Waals surface area contributed by atoms with Crippen molar-refractivity contribution in [1.29, 1.82) is 0 Å². The van der Waals surface area contributed by atoms with Crippen molar-refractivity contribution in [3.05, 3.63) is 94.6 Å². The van der Waals surface area contributed by atoms with Gasteiger partial charge < -0.3 is 25.0 Å². The van der Waals surface area contributed by atoms with Crippen molar-refractivity contribution in [2.75, 3.05) is 14.2 Å². The molecule has 8 nitrogen and oxygen atoms in total. The highest BCUT2D eigenvalue weighted by molar-refractivity contribution is 6.00. The van der Waals surface area contributed by atoms with Crippen LogP contribution in [0.25, 0.3) is 0 Å². The van der Waals surface area contributed by atoms with Gasteiger partial charge >= 0.3 is 0 Å². The molecule has 0 unspecified atom stereocenters. The van der Waals surface area contributed by atoms with Crippen LogP contribution in [0.2, 0.25) is 0 Å². The van der Waals surface area contributed by atoms with E-state index in [1.165, 1.54) is 19.1 Å². The fourth-order valence-electron chi connectivity index (χ4n) is 6.29. The van der Waals surface area contributed by atoms with Crippen molar-refractivity contribution in [3.63, 3.8) is 0 Å². The second-order valence-corrected chi connectivity index (χ2v) is 11.8. The summed E-state index contributed by atoms with van der Waals surface area (Å²) < 4.78 is 40.1. The lowest BCUT2D eigenvalue weighted by molar-refractivity contribution is -0.158. The first kappa shape index (κ1) is 31.0. The van der Waals surface area contributed by atoms with Gasteiger partial charge in [0.2, 0.25) is 17.7 Å². The summed E-state index contributed by atoms with van der Waals surface area (Å²) in [5.74, 6) is -2.67. The van der Waals surface area contributed by atoms with Gasteiger partial charge in [-0.25, -0.2) is 8.78 Å². The number of ether oxygens (including phenoxy) is 2. The molecular weight excluding hydrogens is 568 g/mol. The van der Waals surface area contributed by atoms with Gasteiger partial charge in [-0.15, -0.1) is 0 Å². The predicted molar refractivity (Wildman–Crippen MR) is 160 cm³/mol. The first-order valence-corrected chi connectivity index (χ1v) is 14.7. The smallest absolute Gasteiger partial charge is 0.247 e. The van der Waals surface area contributed by atoms with Crippen molar-refractivity contribution < 1.29 is 32.6 Å². The predicted octanol–water partition coefficient (Wildman–Crippen LogP) is 4.50. The van der Waals surface area contributed by atoms with E-state index in [1.54, 1.807) is 18.2 Å². The number of carbonyl (C=O) groups excluding carboxylic acids is 3. The molecule has 1 aliphatic heterocycles. The Morgan fingerprint density at radius 2 is 1.66 bits per heavy atom. The molecule has 3 aromatic carbocycles. The SMILES string of the molecule is COc1ccc(CNC(=O)[C@H](c2ccc(F)cc2F)N2C(=O)[C@@H](C3Cc4ccccc4C3)NC(=O)[C@H]2CC(C)C)cc1OC. The van der Waals surface area contributed by atoms with Crippen molar-refractivity contribution in [1.82, 2.24) is 15.5 Å². The molecule has 2 aliphatic rings. The van der Waals surface area contributed by atoms with Gasteiger partial charge in [-0.3, -0.25) is 14.4 Å². The summed E-state index contributed by atoms with van der Waals surface area (Å²) in [7, 11) is 3.01. The Balaban J connectivity index is 1.52. The number of hydrogen-bond donors (Lipinski definition) is 2. The van der Waals surface area contributed by atoms with E-state index in [9.17, 15) is 18.8 Å². The van der Waals surface area contributed by atoms with Crippen LogP contribution < -0.4 is 20.1 Å². The summed E-state index contributed by atoms with van der Waals surface area (Å²) >= 11 is 0. The van der Waals surface area contributed by atoms with Crippen LogP contribution in [-0.4, -0.2) is 48.9 Å². The summed E-state index contributed by atoms with van der Waals surface area (Å²) in [5, 5.41) is 5.75. The maximum Gasteiger partial charge on any atom is 0.247 e. The molecule has 0 spiro atoms. The van der Waals surface area contributed by atoms with Gasteiger partial charge in [-0.2, -0.15) is 0 Å². The number of halogens is 2. The molecule has 1 aliphatic carbocycles. The normalized spacial score (nSPS) is 19.0. The quantitative estimate of drug-likeness (QED) is 0.355. The van der Waals surface area contributed by atoms with Gasteiger partial charge in [0, 0.05) is 18.2 Å². The largest absolute Gasteiger partial charge is 0.493 e. The van der Waals surface area contributed by atoms with Gasteiger partial charge in [0.1, 0.15) is 29.8 Å². The number of methoxy groups -OCH3 is 2. The summed E-state index contributed by atoms with van der Waals surface area (Å²) in [6, 6.07) is 12.4. The summed E-state index contributed by atoms with van der Waals surface area (Å²) in [4.78, 5) is 43.4. The number of piperazine rings is 1. The number of amides is 3. The number of nitrogens with zero attached hydrogens (tertiary/aromatic N) is 1. The number of nitrogens with one attached hydrogen (secondary N) is 2. The Morgan fingerprint density at radius 1 is 0.977 bits per heavy atom. The molecule has 1 fully saturated rings. The number of hydrogen-bond acceptors (Lipinski definition) is 5. The van der Waals surface area contributed by atoms with Crippen LogP contribution in [0.3, 0.4) is 0 Å². The molecule has 5 rings (SSSR count). The van der Waals surface area contributed by atoms with Crippen LogP contribution in [0, 0.1) is 23.5 Å². The van der Waals surface area contributed by atoms with E-state index in [4.69, 9.17) is 9.47 Å². The summed E-state index contributed by atoms with van der Waals surface area (Å²) in [5.41, 5.74) is 2.67. The van der Waals surface area contributed by atoms with Crippen LogP contribution in [0.5, 0.6) is 11.5 Å². The van der Waals surface area contributed by atoms with Crippen LogP contribution >= 0.6 is 0 Å². The fourth-order valence-corrected chi connectivity index (χ4v) is 6.29. The Hall–Kier alpha value is -4.47. The average Bonchev–Trinajstić information content (AvgIpc) is 3.44. The van der Waals surface area contributed by atoms with Gasteiger partial charge in [-0.05, 0) is 66.0 Å². The Kier molecular flexibility index (Phi) is 9.17. The number of benzene rings is 3. The van der Waals surface area contributed by atoms with E-state index in [2.05, 4.69) is 10.6 Å². The van der Waals surface area contributed by atoms with E-state index in [-0.39, 0.29) is 30.4 Å². The fraction of sp³-hybridized carbons (Fsp3) is 0.382. The third kappa shape index (κ3) is 6.25. The molecule has 2 N–H and O–H groups in total. The van der Waals surface area contributed by atoms with Crippen LogP contribution in [0.1, 0.15) is 48.6 Å². The summed E-state index contributed by atoms with van der Waals surface area (Å²) in [6.07, 6.45) is 1.41. The zero-order valence-electron chi connectivity index (χ0n) is 25.2. The molecule has 44 heavy (non-hydrogen) atoms. The van der Waals surface area contributed by atoms with Gasteiger partial charge in [0.15, 0.2) is 11.5 Å². The molecule has 3 aromatic rings. The van der Waals surface area contributed by atoms with Gasteiger partial charge in [0.05, 0.1) is 14.2 Å². The third-order valence-corrected chi connectivity index (χ3v) is 8.40. The van der Waals surface area contributed by atoms with Gasteiger partial charge in [-0.1, -0.05) is 50.2 Å². The molecule has 1 saturated heterocycles. The van der Waals surface area contributed by atoms with E-state index in [1.807, 2.05) is 38.1 Å². The Labute approximate surface area is 255 Å². The second-order valence-electron chi connectivity index (χ2n) is 11.8. The Bertz CT molecular complexity index is 1540. The molecule has 232 valence electrons. The van der Waals surface area contributed by atoms with Crippen molar-refractivity contribution >= 4 is 17.7 Å². The molecule has 0 aromatic heterocycles. The second kappa shape index (κ2) is 13.0. The molecule has 3 amide bonds. The number of fused-ring (bicyclic) bond motifs is 1.